The van der Waals surface area contributed by atoms with Gasteiger partial charge in [-0.1, -0.05) is 25.3 Å². The van der Waals surface area contributed by atoms with Crippen molar-refractivity contribution in [1.82, 2.24) is 4.98 Å². The number of nitrogens with zero attached hydrogens (tertiary/aromatic N) is 3. The Labute approximate surface area is 113 Å². The summed E-state index contributed by atoms with van der Waals surface area (Å²) in [7, 11) is 0. The molecule has 0 bridgehead atoms. The van der Waals surface area contributed by atoms with Gasteiger partial charge < -0.3 is 9.64 Å². The number of pyridine rings is 1. The summed E-state index contributed by atoms with van der Waals surface area (Å²) in [5.41, 5.74) is 3.05. The van der Waals surface area contributed by atoms with Crippen molar-refractivity contribution in [3.63, 3.8) is 0 Å². The third-order valence-corrected chi connectivity index (χ3v) is 3.21. The van der Waals surface area contributed by atoms with Crippen LogP contribution in [0.3, 0.4) is 0 Å². The zero-order valence-electron chi connectivity index (χ0n) is 10.9. The molecule has 1 saturated heterocycles. The Kier molecular flexibility index (Phi) is 4.32. The third kappa shape index (κ3) is 2.67. The summed E-state index contributed by atoms with van der Waals surface area (Å²) in [5, 5.41) is 9.09. The zero-order valence-corrected chi connectivity index (χ0v) is 10.9. The van der Waals surface area contributed by atoms with Gasteiger partial charge in [-0.15, -0.1) is 0 Å². The molecule has 0 aliphatic carbocycles. The van der Waals surface area contributed by atoms with E-state index in [1.54, 1.807) is 18.3 Å². The largest absolute Gasteiger partial charge is 0.380 e. The zero-order chi connectivity index (χ0) is 13.7. The van der Waals surface area contributed by atoms with Gasteiger partial charge in [0.05, 0.1) is 18.5 Å². The first kappa shape index (κ1) is 13.3. The highest BCUT2D eigenvalue weighted by Crippen LogP contribution is 2.27. The average molecular weight is 255 g/mol. The van der Waals surface area contributed by atoms with Crippen molar-refractivity contribution in [2.24, 2.45) is 0 Å². The smallest absolute Gasteiger partial charge is 0.148 e. The summed E-state index contributed by atoms with van der Waals surface area (Å²) >= 11 is 0. The van der Waals surface area contributed by atoms with E-state index in [2.05, 4.69) is 29.1 Å². The van der Waals surface area contributed by atoms with Crippen molar-refractivity contribution in [1.29, 1.82) is 5.26 Å². The van der Waals surface area contributed by atoms with Crippen molar-refractivity contribution >= 4 is 17.8 Å². The van der Waals surface area contributed by atoms with Crippen molar-refractivity contribution < 1.29 is 4.74 Å². The SMILES string of the molecule is C=Cc1c(N2CCCOCC2)cnc(C#N)c1C=C. The molecule has 4 heteroatoms. The minimum atomic E-state index is 0.389. The molecule has 0 aromatic carbocycles. The van der Waals surface area contributed by atoms with Crippen molar-refractivity contribution in [2.45, 2.75) is 6.42 Å². The molecule has 2 heterocycles. The fourth-order valence-electron chi connectivity index (χ4n) is 2.28. The highest BCUT2D eigenvalue weighted by Gasteiger charge is 2.16. The molecular formula is C15H17N3O. The van der Waals surface area contributed by atoms with Crippen LogP contribution in [0.1, 0.15) is 23.2 Å². The maximum absolute atomic E-state index is 9.09. The summed E-state index contributed by atoms with van der Waals surface area (Å²) in [5.74, 6) is 0. The Morgan fingerprint density at radius 3 is 2.74 bits per heavy atom. The number of hydrogen-bond acceptors (Lipinski definition) is 4. The van der Waals surface area contributed by atoms with Gasteiger partial charge in [-0.3, -0.25) is 0 Å². The third-order valence-electron chi connectivity index (χ3n) is 3.21. The molecule has 1 fully saturated rings. The first-order chi connectivity index (χ1) is 9.31. The molecule has 0 radical (unpaired) electrons. The number of anilines is 1. The molecule has 1 aromatic rings. The second-order valence-electron chi connectivity index (χ2n) is 4.29. The predicted octanol–water partition coefficient (Wildman–Crippen LogP) is 2.47. The van der Waals surface area contributed by atoms with Gasteiger partial charge in [0.15, 0.2) is 0 Å². The average Bonchev–Trinajstić information content (AvgIpc) is 2.74. The van der Waals surface area contributed by atoms with Crippen LogP contribution >= 0.6 is 0 Å². The predicted molar refractivity (Wildman–Crippen MR) is 76.8 cm³/mol. The van der Waals surface area contributed by atoms with E-state index in [-0.39, 0.29) is 0 Å². The molecule has 0 atom stereocenters. The Bertz CT molecular complexity index is 523. The van der Waals surface area contributed by atoms with Crippen LogP contribution in [0, 0.1) is 11.3 Å². The van der Waals surface area contributed by atoms with Gasteiger partial charge in [-0.2, -0.15) is 5.26 Å². The van der Waals surface area contributed by atoms with Crippen molar-refractivity contribution in [3.8, 4) is 6.07 Å². The first-order valence-electron chi connectivity index (χ1n) is 6.32. The van der Waals surface area contributed by atoms with Crippen LogP contribution in [0.2, 0.25) is 0 Å². The van der Waals surface area contributed by atoms with Gasteiger partial charge in [0.1, 0.15) is 11.8 Å². The molecule has 4 nitrogen and oxygen atoms in total. The first-order valence-corrected chi connectivity index (χ1v) is 6.32. The topological polar surface area (TPSA) is 49.1 Å². The summed E-state index contributed by atoms with van der Waals surface area (Å²) in [4.78, 5) is 6.45. The molecule has 98 valence electrons. The fraction of sp³-hybridized carbons (Fsp3) is 0.333. The van der Waals surface area contributed by atoms with Crippen LogP contribution in [0.15, 0.2) is 19.4 Å². The van der Waals surface area contributed by atoms with E-state index >= 15 is 0 Å². The number of aromatic nitrogens is 1. The normalized spacial score (nSPS) is 15.4. The van der Waals surface area contributed by atoms with E-state index in [1.807, 2.05) is 0 Å². The summed E-state index contributed by atoms with van der Waals surface area (Å²) in [6, 6.07) is 2.09. The fourth-order valence-corrected chi connectivity index (χ4v) is 2.28. The molecular weight excluding hydrogens is 238 g/mol. The van der Waals surface area contributed by atoms with E-state index in [9.17, 15) is 0 Å². The van der Waals surface area contributed by atoms with E-state index in [0.29, 0.717) is 12.3 Å². The van der Waals surface area contributed by atoms with Gasteiger partial charge in [-0.25, -0.2) is 4.98 Å². The molecule has 0 N–H and O–H groups in total. The highest BCUT2D eigenvalue weighted by atomic mass is 16.5. The number of nitriles is 1. The number of rotatable bonds is 3. The summed E-state index contributed by atoms with van der Waals surface area (Å²) < 4.78 is 5.46. The van der Waals surface area contributed by atoms with Gasteiger partial charge in [0.25, 0.3) is 0 Å². The molecule has 0 saturated carbocycles. The Hall–Kier alpha value is -2.12. The second-order valence-corrected chi connectivity index (χ2v) is 4.29. The lowest BCUT2D eigenvalue weighted by Crippen LogP contribution is -2.27. The molecule has 19 heavy (non-hydrogen) atoms. The van der Waals surface area contributed by atoms with Gasteiger partial charge in [-0.05, 0) is 6.42 Å². The monoisotopic (exact) mass is 255 g/mol. The van der Waals surface area contributed by atoms with E-state index < -0.39 is 0 Å². The van der Waals surface area contributed by atoms with E-state index in [0.717, 1.165) is 42.9 Å². The lowest BCUT2D eigenvalue weighted by atomic mass is 10.0. The molecule has 0 amide bonds. The lowest BCUT2D eigenvalue weighted by molar-refractivity contribution is 0.152. The van der Waals surface area contributed by atoms with Crippen LogP contribution < -0.4 is 4.90 Å². The van der Waals surface area contributed by atoms with Gasteiger partial charge >= 0.3 is 0 Å². The minimum Gasteiger partial charge on any atom is -0.380 e. The molecule has 1 aromatic heterocycles. The summed E-state index contributed by atoms with van der Waals surface area (Å²) in [6.45, 7) is 10.9. The second kappa shape index (κ2) is 6.17. The standard InChI is InChI=1S/C15H17N3O/c1-3-12-13(4-2)15(11-17-14(12)10-16)18-6-5-8-19-9-7-18/h3-4,11H,1-2,5-9H2. The molecule has 1 aliphatic rings. The van der Waals surface area contributed by atoms with E-state index in [4.69, 9.17) is 10.00 Å². The molecule has 1 aliphatic heterocycles. The molecule has 0 spiro atoms. The van der Waals surface area contributed by atoms with Crippen LogP contribution in [0.25, 0.3) is 12.2 Å². The van der Waals surface area contributed by atoms with Crippen LogP contribution in [0.4, 0.5) is 5.69 Å². The number of ether oxygens (including phenoxy) is 1. The van der Waals surface area contributed by atoms with Crippen molar-refractivity contribution in [2.75, 3.05) is 31.2 Å². The quantitative estimate of drug-likeness (QED) is 0.832. The van der Waals surface area contributed by atoms with Crippen LogP contribution in [-0.4, -0.2) is 31.3 Å². The highest BCUT2D eigenvalue weighted by molar-refractivity contribution is 5.77. The van der Waals surface area contributed by atoms with Crippen LogP contribution in [0.5, 0.6) is 0 Å². The maximum Gasteiger partial charge on any atom is 0.148 e. The van der Waals surface area contributed by atoms with Gasteiger partial charge in [0.2, 0.25) is 0 Å². The summed E-state index contributed by atoms with van der Waals surface area (Å²) in [6.07, 6.45) is 6.16. The Morgan fingerprint density at radius 1 is 1.26 bits per heavy atom. The van der Waals surface area contributed by atoms with Crippen LogP contribution in [-0.2, 0) is 4.74 Å². The lowest BCUT2D eigenvalue weighted by Gasteiger charge is -2.24. The maximum atomic E-state index is 9.09. The Balaban J connectivity index is 2.48. The molecule has 2 rings (SSSR count). The number of hydrogen-bond donors (Lipinski definition) is 0. The Morgan fingerprint density at radius 2 is 2.05 bits per heavy atom. The van der Waals surface area contributed by atoms with E-state index in [1.165, 1.54) is 0 Å². The van der Waals surface area contributed by atoms with Crippen molar-refractivity contribution in [3.05, 3.63) is 36.2 Å². The minimum absolute atomic E-state index is 0.389. The van der Waals surface area contributed by atoms with Gasteiger partial charge in [0, 0.05) is 30.8 Å². The molecule has 0 unspecified atom stereocenters.